The first-order valence-electron chi connectivity index (χ1n) is 4.93. The van der Waals surface area contributed by atoms with Crippen molar-refractivity contribution >= 4 is 17.6 Å². The zero-order valence-corrected chi connectivity index (χ0v) is 9.79. The summed E-state index contributed by atoms with van der Waals surface area (Å²) in [4.78, 5) is 10.4. The first kappa shape index (κ1) is 12.7. The molecule has 16 heavy (non-hydrogen) atoms. The minimum atomic E-state index is -0.911. The van der Waals surface area contributed by atoms with Crippen molar-refractivity contribution in [1.29, 1.82) is 0 Å². The van der Waals surface area contributed by atoms with Crippen molar-refractivity contribution in [3.05, 3.63) is 46.5 Å². The van der Waals surface area contributed by atoms with Gasteiger partial charge in [0.05, 0.1) is 0 Å². The molecule has 0 fully saturated rings. The quantitative estimate of drug-likeness (QED) is 0.776. The van der Waals surface area contributed by atoms with Crippen molar-refractivity contribution in [2.75, 3.05) is 6.54 Å². The minimum Gasteiger partial charge on any atom is -0.478 e. The molecule has 1 aromatic carbocycles. The lowest BCUT2D eigenvalue weighted by Gasteiger charge is -2.04. The molecule has 0 amide bonds. The van der Waals surface area contributed by atoms with E-state index in [1.807, 2.05) is 24.3 Å². The topological polar surface area (TPSA) is 49.3 Å². The Balaban J connectivity index is 2.36. The molecule has 0 saturated heterocycles. The van der Waals surface area contributed by atoms with Gasteiger partial charge in [0.25, 0.3) is 0 Å². The number of benzene rings is 1. The Hall–Kier alpha value is -1.32. The Morgan fingerprint density at radius 3 is 2.62 bits per heavy atom. The van der Waals surface area contributed by atoms with Gasteiger partial charge in [-0.25, -0.2) is 4.79 Å². The molecular weight excluding hydrogens is 226 g/mol. The zero-order valence-electron chi connectivity index (χ0n) is 9.03. The predicted molar refractivity (Wildman–Crippen MR) is 64.6 cm³/mol. The second-order valence-corrected chi connectivity index (χ2v) is 4.00. The molecule has 2 N–H and O–H groups in total. The molecule has 0 unspecified atom stereocenters. The highest BCUT2D eigenvalue weighted by atomic mass is 35.5. The van der Waals surface area contributed by atoms with Crippen LogP contribution in [0, 0.1) is 0 Å². The molecule has 0 bridgehead atoms. The normalized spacial score (nSPS) is 11.5. The number of hydrogen-bond donors (Lipinski definition) is 2. The van der Waals surface area contributed by atoms with Crippen molar-refractivity contribution in [1.82, 2.24) is 5.32 Å². The molecule has 0 aliphatic carbocycles. The predicted octanol–water partition coefficient (Wildman–Crippen LogP) is 2.46. The van der Waals surface area contributed by atoms with Crippen LogP contribution >= 0.6 is 11.6 Å². The van der Waals surface area contributed by atoms with Gasteiger partial charge in [-0.15, -0.1) is 0 Å². The SMILES string of the molecule is C/C(=C/C(=O)O)CNCc1ccc(Cl)cc1. The lowest BCUT2D eigenvalue weighted by Crippen LogP contribution is -2.16. The first-order chi connectivity index (χ1) is 7.58. The average molecular weight is 240 g/mol. The molecule has 4 heteroatoms. The monoisotopic (exact) mass is 239 g/mol. The summed E-state index contributed by atoms with van der Waals surface area (Å²) in [6.45, 7) is 3.04. The van der Waals surface area contributed by atoms with E-state index in [1.54, 1.807) is 6.92 Å². The van der Waals surface area contributed by atoms with Crippen molar-refractivity contribution in [2.45, 2.75) is 13.5 Å². The fraction of sp³-hybridized carbons (Fsp3) is 0.250. The van der Waals surface area contributed by atoms with Crippen LogP contribution in [0.5, 0.6) is 0 Å². The third-order valence-electron chi connectivity index (χ3n) is 2.02. The smallest absolute Gasteiger partial charge is 0.328 e. The number of carbonyl (C=O) groups is 1. The van der Waals surface area contributed by atoms with Crippen LogP contribution in [-0.4, -0.2) is 17.6 Å². The van der Waals surface area contributed by atoms with Crippen molar-refractivity contribution in [2.24, 2.45) is 0 Å². The summed E-state index contributed by atoms with van der Waals surface area (Å²) in [5, 5.41) is 12.4. The molecule has 0 radical (unpaired) electrons. The van der Waals surface area contributed by atoms with Gasteiger partial charge in [0.1, 0.15) is 0 Å². The molecule has 1 rings (SSSR count). The van der Waals surface area contributed by atoms with Gasteiger partial charge in [-0.05, 0) is 24.6 Å². The van der Waals surface area contributed by atoms with Crippen LogP contribution in [0.15, 0.2) is 35.9 Å². The minimum absolute atomic E-state index is 0.564. The maximum absolute atomic E-state index is 10.4. The van der Waals surface area contributed by atoms with E-state index < -0.39 is 5.97 Å². The summed E-state index contributed by atoms with van der Waals surface area (Å²) in [5.41, 5.74) is 1.91. The molecule has 0 aromatic heterocycles. The van der Waals surface area contributed by atoms with Crippen molar-refractivity contribution in [3.8, 4) is 0 Å². The number of nitrogens with one attached hydrogen (secondary N) is 1. The molecular formula is C12H14ClNO2. The summed E-state index contributed by atoms with van der Waals surface area (Å²) >= 11 is 5.76. The van der Waals surface area contributed by atoms with E-state index in [2.05, 4.69) is 5.32 Å². The second-order valence-electron chi connectivity index (χ2n) is 3.56. The van der Waals surface area contributed by atoms with Gasteiger partial charge in [0.2, 0.25) is 0 Å². The molecule has 0 aliphatic rings. The number of halogens is 1. The van der Waals surface area contributed by atoms with E-state index >= 15 is 0 Å². The van der Waals surface area contributed by atoms with E-state index in [9.17, 15) is 4.79 Å². The molecule has 0 spiro atoms. The summed E-state index contributed by atoms with van der Waals surface area (Å²) in [5.74, 6) is -0.911. The van der Waals surface area contributed by atoms with Gasteiger partial charge in [0.15, 0.2) is 0 Å². The number of aliphatic carboxylic acids is 1. The summed E-state index contributed by atoms with van der Waals surface area (Å²) in [7, 11) is 0. The Bertz CT molecular complexity index is 385. The molecule has 0 heterocycles. The van der Waals surface area contributed by atoms with E-state index in [-0.39, 0.29) is 0 Å². The van der Waals surface area contributed by atoms with Crippen LogP contribution in [0.3, 0.4) is 0 Å². The van der Waals surface area contributed by atoms with Crippen LogP contribution in [-0.2, 0) is 11.3 Å². The van der Waals surface area contributed by atoms with Crippen LogP contribution in [0.1, 0.15) is 12.5 Å². The fourth-order valence-electron chi connectivity index (χ4n) is 1.27. The number of carboxylic acids is 1. The van der Waals surface area contributed by atoms with Crippen LogP contribution in [0.4, 0.5) is 0 Å². The summed E-state index contributed by atoms with van der Waals surface area (Å²) < 4.78 is 0. The van der Waals surface area contributed by atoms with Gasteiger partial charge in [-0.2, -0.15) is 0 Å². The number of hydrogen-bond acceptors (Lipinski definition) is 2. The van der Waals surface area contributed by atoms with Crippen molar-refractivity contribution < 1.29 is 9.90 Å². The van der Waals surface area contributed by atoms with Gasteiger partial charge >= 0.3 is 5.97 Å². The van der Waals surface area contributed by atoms with Crippen LogP contribution in [0.2, 0.25) is 5.02 Å². The number of carboxylic acid groups (broad SMARTS) is 1. The summed E-state index contributed by atoms with van der Waals surface area (Å²) in [6, 6.07) is 7.54. The van der Waals surface area contributed by atoms with Gasteiger partial charge in [0, 0.05) is 24.2 Å². The average Bonchev–Trinajstić information content (AvgIpc) is 2.20. The van der Waals surface area contributed by atoms with Gasteiger partial charge in [-0.3, -0.25) is 0 Å². The van der Waals surface area contributed by atoms with Crippen LogP contribution < -0.4 is 5.32 Å². The fourth-order valence-corrected chi connectivity index (χ4v) is 1.39. The number of rotatable bonds is 5. The molecule has 3 nitrogen and oxygen atoms in total. The van der Waals surface area contributed by atoms with E-state index in [1.165, 1.54) is 6.08 Å². The van der Waals surface area contributed by atoms with Gasteiger partial charge < -0.3 is 10.4 Å². The highest BCUT2D eigenvalue weighted by molar-refractivity contribution is 6.30. The maximum Gasteiger partial charge on any atom is 0.328 e. The molecule has 1 aromatic rings. The lowest BCUT2D eigenvalue weighted by molar-refractivity contribution is -0.131. The van der Waals surface area contributed by atoms with Crippen molar-refractivity contribution in [3.63, 3.8) is 0 Å². The summed E-state index contributed by atoms with van der Waals surface area (Å²) in [6.07, 6.45) is 1.20. The molecule has 0 saturated carbocycles. The van der Waals surface area contributed by atoms with Crippen LogP contribution in [0.25, 0.3) is 0 Å². The standard InChI is InChI=1S/C12H14ClNO2/c1-9(6-12(15)16)7-14-8-10-2-4-11(13)5-3-10/h2-6,14H,7-8H2,1H3,(H,15,16)/b9-6-. The molecule has 86 valence electrons. The second kappa shape index (κ2) is 6.30. The first-order valence-corrected chi connectivity index (χ1v) is 5.31. The highest BCUT2D eigenvalue weighted by Crippen LogP contribution is 2.09. The zero-order chi connectivity index (χ0) is 12.0. The van der Waals surface area contributed by atoms with E-state index in [4.69, 9.17) is 16.7 Å². The molecule has 0 atom stereocenters. The Morgan fingerprint density at radius 2 is 2.06 bits per heavy atom. The molecule has 0 aliphatic heterocycles. The van der Waals surface area contributed by atoms with Gasteiger partial charge in [-0.1, -0.05) is 29.3 Å². The Morgan fingerprint density at radius 1 is 1.44 bits per heavy atom. The van der Waals surface area contributed by atoms with E-state index in [0.29, 0.717) is 18.1 Å². The third kappa shape index (κ3) is 4.96. The highest BCUT2D eigenvalue weighted by Gasteiger charge is 1.95. The maximum atomic E-state index is 10.4. The van der Waals surface area contributed by atoms with E-state index in [0.717, 1.165) is 11.1 Å². The largest absolute Gasteiger partial charge is 0.478 e. The Kier molecular flexibility index (Phi) is 5.02. The Labute approximate surface area is 99.7 Å². The lowest BCUT2D eigenvalue weighted by atomic mass is 10.2. The third-order valence-corrected chi connectivity index (χ3v) is 2.27.